The van der Waals surface area contributed by atoms with E-state index in [4.69, 9.17) is 16.9 Å². The number of nitrogens with zero attached hydrogens (tertiary/aromatic N) is 1. The average molecular weight is 260 g/mol. The van der Waals surface area contributed by atoms with Crippen molar-refractivity contribution in [2.75, 3.05) is 5.32 Å². The van der Waals surface area contributed by atoms with Gasteiger partial charge in [0.15, 0.2) is 0 Å². The van der Waals surface area contributed by atoms with Crippen molar-refractivity contribution in [2.24, 2.45) is 0 Å². The number of benzene rings is 1. The van der Waals surface area contributed by atoms with Crippen LogP contribution in [0.5, 0.6) is 0 Å². The number of nitriles is 1. The van der Waals surface area contributed by atoms with E-state index in [-0.39, 0.29) is 6.04 Å². The van der Waals surface area contributed by atoms with Crippen molar-refractivity contribution in [1.29, 1.82) is 5.26 Å². The third-order valence-corrected chi connectivity index (χ3v) is 2.39. The molecule has 1 rings (SSSR count). The van der Waals surface area contributed by atoms with Crippen molar-refractivity contribution >= 4 is 33.2 Å². The fraction of sp³-hybridized carbons (Fsp3) is 0.222. The van der Waals surface area contributed by atoms with Gasteiger partial charge in [0.25, 0.3) is 0 Å². The van der Waals surface area contributed by atoms with E-state index in [1.165, 1.54) is 0 Å². The highest BCUT2D eigenvalue weighted by atomic mass is 79.9. The highest BCUT2D eigenvalue weighted by Crippen LogP contribution is 2.26. The molecule has 2 nitrogen and oxygen atoms in total. The van der Waals surface area contributed by atoms with Crippen molar-refractivity contribution in [3.63, 3.8) is 0 Å². The molecule has 68 valence electrons. The molecular formula is C9H8BrClN2. The van der Waals surface area contributed by atoms with E-state index in [2.05, 4.69) is 27.3 Å². The predicted molar refractivity (Wildman–Crippen MR) is 57.8 cm³/mol. The summed E-state index contributed by atoms with van der Waals surface area (Å²) in [5, 5.41) is 12.3. The zero-order chi connectivity index (χ0) is 9.84. The van der Waals surface area contributed by atoms with E-state index in [0.717, 1.165) is 10.2 Å². The highest BCUT2D eigenvalue weighted by Gasteiger charge is 2.03. The van der Waals surface area contributed by atoms with Gasteiger partial charge in [-0.25, -0.2) is 0 Å². The molecule has 0 fully saturated rings. The van der Waals surface area contributed by atoms with Crippen LogP contribution >= 0.6 is 27.5 Å². The van der Waals surface area contributed by atoms with Crippen LogP contribution in [0.1, 0.15) is 6.92 Å². The fourth-order valence-electron chi connectivity index (χ4n) is 0.872. The lowest BCUT2D eigenvalue weighted by Crippen LogP contribution is -2.12. The lowest BCUT2D eigenvalue weighted by atomic mass is 10.3. The van der Waals surface area contributed by atoms with Gasteiger partial charge in [-0.3, -0.25) is 0 Å². The Bertz CT molecular complexity index is 346. The monoisotopic (exact) mass is 258 g/mol. The first-order valence-electron chi connectivity index (χ1n) is 3.74. The predicted octanol–water partition coefficient (Wildman–Crippen LogP) is 3.43. The summed E-state index contributed by atoms with van der Waals surface area (Å²) in [7, 11) is 0. The first kappa shape index (κ1) is 10.4. The van der Waals surface area contributed by atoms with Crippen LogP contribution in [0.3, 0.4) is 0 Å². The van der Waals surface area contributed by atoms with Crippen LogP contribution in [-0.4, -0.2) is 6.04 Å². The van der Waals surface area contributed by atoms with E-state index in [9.17, 15) is 0 Å². The van der Waals surface area contributed by atoms with Crippen LogP contribution in [0.25, 0.3) is 0 Å². The summed E-state index contributed by atoms with van der Waals surface area (Å²) in [6.07, 6.45) is 0. The van der Waals surface area contributed by atoms with Gasteiger partial charge in [0, 0.05) is 15.2 Å². The van der Waals surface area contributed by atoms with E-state index >= 15 is 0 Å². The van der Waals surface area contributed by atoms with Crippen LogP contribution in [0.4, 0.5) is 5.69 Å². The van der Waals surface area contributed by atoms with Gasteiger partial charge in [0.1, 0.15) is 6.04 Å². The van der Waals surface area contributed by atoms with Crippen LogP contribution in [0, 0.1) is 11.3 Å². The minimum Gasteiger partial charge on any atom is -0.369 e. The second kappa shape index (κ2) is 4.50. The smallest absolute Gasteiger partial charge is 0.111 e. The van der Waals surface area contributed by atoms with Crippen LogP contribution < -0.4 is 5.32 Å². The molecule has 0 aliphatic rings. The van der Waals surface area contributed by atoms with E-state index < -0.39 is 0 Å². The SMILES string of the molecule is CC(C#N)Nc1ccc(Cl)cc1Br. The van der Waals surface area contributed by atoms with Crippen molar-refractivity contribution in [1.82, 2.24) is 0 Å². The molecule has 0 aliphatic carbocycles. The molecule has 1 aromatic rings. The number of hydrogen-bond acceptors (Lipinski definition) is 2. The maximum Gasteiger partial charge on any atom is 0.111 e. The normalized spacial score (nSPS) is 11.8. The van der Waals surface area contributed by atoms with Gasteiger partial charge >= 0.3 is 0 Å². The Hall–Kier alpha value is -0.720. The molecule has 0 bridgehead atoms. The second-order valence-electron chi connectivity index (χ2n) is 2.62. The van der Waals surface area contributed by atoms with E-state index in [1.54, 1.807) is 19.1 Å². The van der Waals surface area contributed by atoms with E-state index in [0.29, 0.717) is 5.02 Å². The maximum absolute atomic E-state index is 8.59. The third kappa shape index (κ3) is 2.91. The molecule has 0 amide bonds. The highest BCUT2D eigenvalue weighted by molar-refractivity contribution is 9.10. The first-order valence-corrected chi connectivity index (χ1v) is 4.92. The summed E-state index contributed by atoms with van der Waals surface area (Å²) in [4.78, 5) is 0. The van der Waals surface area contributed by atoms with Crippen molar-refractivity contribution in [3.8, 4) is 6.07 Å². The second-order valence-corrected chi connectivity index (χ2v) is 3.91. The molecule has 0 saturated carbocycles. The minimum absolute atomic E-state index is 0.211. The minimum atomic E-state index is -0.211. The summed E-state index contributed by atoms with van der Waals surface area (Å²) in [6, 6.07) is 7.28. The van der Waals surface area contributed by atoms with Gasteiger partial charge in [0.05, 0.1) is 6.07 Å². The summed E-state index contributed by atoms with van der Waals surface area (Å²) in [6.45, 7) is 1.79. The van der Waals surface area contributed by atoms with Crippen molar-refractivity contribution < 1.29 is 0 Å². The van der Waals surface area contributed by atoms with Gasteiger partial charge in [0.2, 0.25) is 0 Å². The number of hydrogen-bond donors (Lipinski definition) is 1. The van der Waals surface area contributed by atoms with Gasteiger partial charge < -0.3 is 5.32 Å². The molecule has 0 aromatic heterocycles. The Kier molecular flexibility index (Phi) is 3.58. The standard InChI is InChI=1S/C9H8BrClN2/c1-6(5-12)13-9-3-2-7(11)4-8(9)10/h2-4,6,13H,1H3. The topological polar surface area (TPSA) is 35.8 Å². The fourth-order valence-corrected chi connectivity index (χ4v) is 1.67. The summed E-state index contributed by atoms with van der Waals surface area (Å²) < 4.78 is 0.863. The van der Waals surface area contributed by atoms with Crippen LogP contribution in [0.2, 0.25) is 5.02 Å². The molecule has 0 aliphatic heterocycles. The maximum atomic E-state index is 8.59. The molecule has 1 aromatic carbocycles. The van der Waals surface area contributed by atoms with Crippen LogP contribution in [0.15, 0.2) is 22.7 Å². The van der Waals surface area contributed by atoms with Gasteiger partial charge in [-0.2, -0.15) is 5.26 Å². The number of rotatable bonds is 2. The molecular weight excluding hydrogens is 251 g/mol. The number of halogens is 2. The summed E-state index contributed by atoms with van der Waals surface area (Å²) in [5.74, 6) is 0. The summed E-state index contributed by atoms with van der Waals surface area (Å²) >= 11 is 9.11. The Labute approximate surface area is 90.6 Å². The zero-order valence-electron chi connectivity index (χ0n) is 7.01. The Morgan fingerprint density at radius 1 is 1.62 bits per heavy atom. The summed E-state index contributed by atoms with van der Waals surface area (Å²) in [5.41, 5.74) is 0.874. The molecule has 0 radical (unpaired) electrons. The molecule has 0 heterocycles. The first-order chi connectivity index (χ1) is 6.13. The molecule has 1 atom stereocenters. The Morgan fingerprint density at radius 2 is 2.31 bits per heavy atom. The largest absolute Gasteiger partial charge is 0.369 e. The lowest BCUT2D eigenvalue weighted by molar-refractivity contribution is 1.01. The number of anilines is 1. The molecule has 0 saturated heterocycles. The Morgan fingerprint density at radius 3 is 2.85 bits per heavy atom. The number of nitrogens with one attached hydrogen (secondary N) is 1. The van der Waals surface area contributed by atoms with E-state index in [1.807, 2.05) is 6.07 Å². The molecule has 0 spiro atoms. The quantitative estimate of drug-likeness (QED) is 0.883. The molecule has 1 N–H and O–H groups in total. The molecule has 4 heteroatoms. The molecule has 13 heavy (non-hydrogen) atoms. The van der Waals surface area contributed by atoms with Crippen molar-refractivity contribution in [3.05, 3.63) is 27.7 Å². The lowest BCUT2D eigenvalue weighted by Gasteiger charge is -2.09. The van der Waals surface area contributed by atoms with Gasteiger partial charge in [-0.05, 0) is 41.1 Å². The molecule has 1 unspecified atom stereocenters. The zero-order valence-corrected chi connectivity index (χ0v) is 9.35. The average Bonchev–Trinajstić information content (AvgIpc) is 2.09. The van der Waals surface area contributed by atoms with Gasteiger partial charge in [-0.1, -0.05) is 11.6 Å². The van der Waals surface area contributed by atoms with Crippen LogP contribution in [-0.2, 0) is 0 Å². The third-order valence-electron chi connectivity index (χ3n) is 1.50. The van der Waals surface area contributed by atoms with Crippen molar-refractivity contribution in [2.45, 2.75) is 13.0 Å². The van der Waals surface area contributed by atoms with Gasteiger partial charge in [-0.15, -0.1) is 0 Å². The Balaban J connectivity index is 2.85.